The minimum atomic E-state index is -0.0721. The Morgan fingerprint density at radius 2 is 1.97 bits per heavy atom. The predicted molar refractivity (Wildman–Crippen MR) is 116 cm³/mol. The van der Waals surface area contributed by atoms with E-state index in [4.69, 9.17) is 18.9 Å². The van der Waals surface area contributed by atoms with Crippen LogP contribution < -0.4 is 18.9 Å². The van der Waals surface area contributed by atoms with E-state index in [2.05, 4.69) is 6.92 Å². The van der Waals surface area contributed by atoms with E-state index >= 15 is 0 Å². The fourth-order valence-electron chi connectivity index (χ4n) is 3.20. The van der Waals surface area contributed by atoms with E-state index in [1.807, 2.05) is 43.3 Å². The highest BCUT2D eigenvalue weighted by atomic mass is 16.6. The lowest BCUT2D eigenvalue weighted by molar-refractivity contribution is -0.126. The summed E-state index contributed by atoms with van der Waals surface area (Å²) in [6, 6.07) is 11.4. The van der Waals surface area contributed by atoms with Gasteiger partial charge in [-0.2, -0.15) is 0 Å². The molecule has 0 aromatic heterocycles. The van der Waals surface area contributed by atoms with Crippen molar-refractivity contribution in [2.24, 2.45) is 0 Å². The van der Waals surface area contributed by atoms with Crippen molar-refractivity contribution >= 4 is 12.0 Å². The number of carbonyl (C=O) groups is 1. The van der Waals surface area contributed by atoms with E-state index in [-0.39, 0.29) is 5.91 Å². The molecule has 1 heterocycles. The average molecular weight is 411 g/mol. The number of fused-ring (bicyclic) bond motifs is 1. The molecule has 2 aromatic carbocycles. The summed E-state index contributed by atoms with van der Waals surface area (Å²) < 4.78 is 22.5. The minimum absolute atomic E-state index is 0.0721. The van der Waals surface area contributed by atoms with Crippen LogP contribution in [0.2, 0.25) is 0 Å². The zero-order chi connectivity index (χ0) is 21.3. The Hall–Kier alpha value is -3.15. The van der Waals surface area contributed by atoms with Crippen LogP contribution in [0.3, 0.4) is 0 Å². The average Bonchev–Trinajstić information content (AvgIpc) is 2.79. The molecule has 3 rings (SSSR count). The maximum Gasteiger partial charge on any atom is 0.246 e. The Bertz CT molecular complexity index is 893. The van der Waals surface area contributed by atoms with Gasteiger partial charge in [0.2, 0.25) is 5.91 Å². The summed E-state index contributed by atoms with van der Waals surface area (Å²) in [5.74, 6) is 2.74. The van der Waals surface area contributed by atoms with Gasteiger partial charge in [0.1, 0.15) is 13.2 Å². The molecule has 0 unspecified atom stereocenters. The Balaban J connectivity index is 1.70. The number of methoxy groups -OCH3 is 1. The molecule has 6 heteroatoms. The van der Waals surface area contributed by atoms with Gasteiger partial charge >= 0.3 is 0 Å². The predicted octanol–water partition coefficient (Wildman–Crippen LogP) is 4.32. The molecule has 1 aliphatic heterocycles. The van der Waals surface area contributed by atoms with Gasteiger partial charge in [-0.3, -0.25) is 4.79 Å². The van der Waals surface area contributed by atoms with Crippen molar-refractivity contribution in [3.05, 3.63) is 53.6 Å². The maximum atomic E-state index is 12.8. The fourth-order valence-corrected chi connectivity index (χ4v) is 3.20. The van der Waals surface area contributed by atoms with E-state index < -0.39 is 0 Å². The number of amides is 1. The number of ether oxygens (including phenoxy) is 4. The van der Waals surface area contributed by atoms with Crippen molar-refractivity contribution in [1.29, 1.82) is 0 Å². The summed E-state index contributed by atoms with van der Waals surface area (Å²) in [5.41, 5.74) is 1.81. The van der Waals surface area contributed by atoms with Crippen molar-refractivity contribution in [2.45, 2.75) is 26.8 Å². The van der Waals surface area contributed by atoms with Crippen molar-refractivity contribution in [1.82, 2.24) is 4.90 Å². The number of hydrogen-bond acceptors (Lipinski definition) is 5. The van der Waals surface area contributed by atoms with Gasteiger partial charge in [-0.25, -0.2) is 0 Å². The van der Waals surface area contributed by atoms with Gasteiger partial charge in [0.05, 0.1) is 13.7 Å². The van der Waals surface area contributed by atoms with Gasteiger partial charge in [0, 0.05) is 24.7 Å². The normalized spacial score (nSPS) is 12.6. The number of hydrogen-bond donors (Lipinski definition) is 0. The SMILES string of the molecule is CCCOc1ccc(/C=C/C(=O)N(CC)Cc2cccc3c2OCCO3)cc1OC. The minimum Gasteiger partial charge on any atom is -0.493 e. The molecule has 6 nitrogen and oxygen atoms in total. The molecule has 1 amide bonds. The van der Waals surface area contributed by atoms with E-state index in [0.717, 1.165) is 29.0 Å². The molecule has 0 fully saturated rings. The fraction of sp³-hybridized carbons (Fsp3) is 0.375. The zero-order valence-corrected chi connectivity index (χ0v) is 17.8. The summed E-state index contributed by atoms with van der Waals surface area (Å²) in [4.78, 5) is 14.6. The molecule has 0 atom stereocenters. The number of benzene rings is 2. The topological polar surface area (TPSA) is 57.2 Å². The molecular weight excluding hydrogens is 382 g/mol. The van der Waals surface area contributed by atoms with Crippen LogP contribution in [0.25, 0.3) is 6.08 Å². The lowest BCUT2D eigenvalue weighted by atomic mass is 10.1. The lowest BCUT2D eigenvalue weighted by Crippen LogP contribution is -2.29. The largest absolute Gasteiger partial charge is 0.493 e. The van der Waals surface area contributed by atoms with Gasteiger partial charge in [0.25, 0.3) is 0 Å². The molecule has 0 saturated heterocycles. The summed E-state index contributed by atoms with van der Waals surface area (Å²) in [6.45, 7) is 6.75. The first-order valence-corrected chi connectivity index (χ1v) is 10.3. The molecule has 30 heavy (non-hydrogen) atoms. The molecule has 160 valence electrons. The van der Waals surface area contributed by atoms with Crippen molar-refractivity contribution < 1.29 is 23.7 Å². The van der Waals surface area contributed by atoms with E-state index in [1.165, 1.54) is 0 Å². The van der Waals surface area contributed by atoms with Gasteiger partial charge in [-0.1, -0.05) is 25.1 Å². The molecule has 0 spiro atoms. The highest BCUT2D eigenvalue weighted by Crippen LogP contribution is 2.34. The Morgan fingerprint density at radius 3 is 2.73 bits per heavy atom. The molecular formula is C24H29NO5. The van der Waals surface area contributed by atoms with E-state index in [1.54, 1.807) is 24.2 Å². The molecule has 1 aliphatic rings. The van der Waals surface area contributed by atoms with Crippen LogP contribution in [-0.2, 0) is 11.3 Å². The summed E-state index contributed by atoms with van der Waals surface area (Å²) >= 11 is 0. The molecule has 0 N–H and O–H groups in total. The number of para-hydroxylation sites is 1. The molecule has 0 bridgehead atoms. The van der Waals surface area contributed by atoms with Gasteiger partial charge in [-0.15, -0.1) is 0 Å². The smallest absolute Gasteiger partial charge is 0.246 e. The second-order valence-electron chi connectivity index (χ2n) is 6.89. The number of rotatable bonds is 9. The summed E-state index contributed by atoms with van der Waals surface area (Å²) in [7, 11) is 1.61. The van der Waals surface area contributed by atoms with E-state index in [0.29, 0.717) is 44.4 Å². The van der Waals surface area contributed by atoms with Gasteiger partial charge in [0.15, 0.2) is 23.0 Å². The van der Waals surface area contributed by atoms with Crippen LogP contribution in [0.1, 0.15) is 31.4 Å². The van der Waals surface area contributed by atoms with Crippen LogP contribution in [0.5, 0.6) is 23.0 Å². The lowest BCUT2D eigenvalue weighted by Gasteiger charge is -2.24. The van der Waals surface area contributed by atoms with Crippen LogP contribution >= 0.6 is 0 Å². The highest BCUT2D eigenvalue weighted by Gasteiger charge is 2.18. The van der Waals surface area contributed by atoms with Crippen LogP contribution in [0.4, 0.5) is 0 Å². The van der Waals surface area contributed by atoms with Crippen molar-refractivity contribution in [3.63, 3.8) is 0 Å². The quantitative estimate of drug-likeness (QED) is 0.575. The Morgan fingerprint density at radius 1 is 1.13 bits per heavy atom. The highest BCUT2D eigenvalue weighted by molar-refractivity contribution is 5.91. The molecule has 2 aromatic rings. The third kappa shape index (κ3) is 5.26. The first-order chi connectivity index (χ1) is 14.7. The van der Waals surface area contributed by atoms with E-state index in [9.17, 15) is 4.79 Å². The number of nitrogens with zero attached hydrogens (tertiary/aromatic N) is 1. The Labute approximate surface area is 178 Å². The van der Waals surface area contributed by atoms with Crippen LogP contribution in [0, 0.1) is 0 Å². The van der Waals surface area contributed by atoms with Gasteiger partial charge in [-0.05, 0) is 43.2 Å². The molecule has 0 saturated carbocycles. The number of carbonyl (C=O) groups excluding carboxylic acids is 1. The third-order valence-corrected chi connectivity index (χ3v) is 4.77. The van der Waals surface area contributed by atoms with Crippen molar-refractivity contribution in [3.8, 4) is 23.0 Å². The zero-order valence-electron chi connectivity index (χ0n) is 17.8. The Kier molecular flexibility index (Phi) is 7.60. The molecule has 0 aliphatic carbocycles. The summed E-state index contributed by atoms with van der Waals surface area (Å²) in [6.07, 6.45) is 4.29. The van der Waals surface area contributed by atoms with Gasteiger partial charge < -0.3 is 23.8 Å². The first kappa shape index (κ1) is 21.6. The second-order valence-corrected chi connectivity index (χ2v) is 6.89. The van der Waals surface area contributed by atoms with Crippen molar-refractivity contribution in [2.75, 3.05) is 33.5 Å². The monoisotopic (exact) mass is 411 g/mol. The maximum absolute atomic E-state index is 12.8. The molecule has 0 radical (unpaired) electrons. The second kappa shape index (κ2) is 10.6. The van der Waals surface area contributed by atoms with Crippen LogP contribution in [-0.4, -0.2) is 44.3 Å². The first-order valence-electron chi connectivity index (χ1n) is 10.3. The summed E-state index contributed by atoms with van der Waals surface area (Å²) in [5, 5.41) is 0. The third-order valence-electron chi connectivity index (χ3n) is 4.77. The van der Waals surface area contributed by atoms with Crippen LogP contribution in [0.15, 0.2) is 42.5 Å². The standard InChI is InChI=1S/C24H29NO5/c1-4-13-28-20-11-9-18(16-22(20)27-3)10-12-23(26)25(5-2)17-19-7-6-8-21-24(19)30-15-14-29-21/h6-12,16H,4-5,13-15,17H2,1-3H3/b12-10+. The number of likely N-dealkylation sites (N-methyl/N-ethyl adjacent to an activating group) is 1.